The molecule has 70 valence electrons. The molecule has 2 aromatic rings. The van der Waals surface area contributed by atoms with Crippen LogP contribution in [0.15, 0.2) is 30.3 Å². The van der Waals surface area contributed by atoms with Crippen molar-refractivity contribution in [1.82, 2.24) is 0 Å². The summed E-state index contributed by atoms with van der Waals surface area (Å²) in [6, 6.07) is 3.94. The van der Waals surface area contributed by atoms with Crippen LogP contribution in [0.25, 0.3) is 11.5 Å². The van der Waals surface area contributed by atoms with Crippen molar-refractivity contribution in [3.8, 4) is 11.5 Å². The van der Waals surface area contributed by atoms with E-state index in [1.165, 1.54) is 3.55 Å². The van der Waals surface area contributed by atoms with Crippen LogP contribution in [-0.4, -0.2) is 25.4 Å². The van der Waals surface area contributed by atoms with Gasteiger partial charge in [0.2, 0.25) is 0 Å². The summed E-state index contributed by atoms with van der Waals surface area (Å²) in [6.45, 7) is 0. The fourth-order valence-electron chi connectivity index (χ4n) is 1.54. The third-order valence-electron chi connectivity index (χ3n) is 2.10. The van der Waals surface area contributed by atoms with Crippen LogP contribution < -0.4 is 0 Å². The summed E-state index contributed by atoms with van der Waals surface area (Å²) in [5.74, 6) is 1.63. The third kappa shape index (κ3) is 1.16. The summed E-state index contributed by atoms with van der Waals surface area (Å²) in [6.07, 6.45) is 0. The molecule has 0 aliphatic heterocycles. The molecule has 0 atom stereocenters. The van der Waals surface area contributed by atoms with E-state index >= 15 is 0 Å². The fraction of sp³-hybridized carbons (Fsp3) is 0. The minimum absolute atomic E-state index is 0.738. The average Bonchev–Trinajstić information content (AvgIpc) is 2.71. The van der Waals surface area contributed by atoms with Gasteiger partial charge in [-0.05, 0) is 0 Å². The van der Waals surface area contributed by atoms with Gasteiger partial charge in [-0.2, -0.15) is 0 Å². The molecule has 5 heteroatoms. The van der Waals surface area contributed by atoms with Crippen molar-refractivity contribution in [3.05, 3.63) is 32.6 Å². The maximum absolute atomic E-state index is 5.52. The Morgan fingerprint density at radius 3 is 1.79 bits per heavy atom. The molecule has 0 radical (unpaired) electrons. The van der Waals surface area contributed by atoms with Crippen LogP contribution in [0.5, 0.6) is 0 Å². The van der Waals surface area contributed by atoms with Crippen molar-refractivity contribution in [1.29, 1.82) is 0 Å². The number of furan rings is 2. The quantitative estimate of drug-likeness (QED) is 0.514. The Bertz CT molecular complexity index is 505. The second-order valence-electron chi connectivity index (χ2n) is 2.92. The number of hydrogen-bond acceptors (Lipinski definition) is 2. The Kier molecular flexibility index (Phi) is 2.07. The molecular formula is C9H2Br2O2Te. The fourth-order valence-corrected chi connectivity index (χ4v) is 3.19. The standard InChI is InChI=1S/C9H2Br2O2Te/c10-5-1-3-7(12-5)8-4(9(3)14)2-6(11)13-8/h1-2H. The molecule has 0 saturated carbocycles. The third-order valence-corrected chi connectivity index (χ3v) is 4.14. The molecule has 14 heavy (non-hydrogen) atoms. The predicted molar refractivity (Wildman–Crippen MR) is 60.8 cm³/mol. The zero-order chi connectivity index (χ0) is 9.87. The first-order valence-electron chi connectivity index (χ1n) is 3.80. The van der Waals surface area contributed by atoms with Crippen LogP contribution >= 0.6 is 31.9 Å². The average molecular weight is 430 g/mol. The molecule has 0 bridgehead atoms. The minimum atomic E-state index is 0.738. The van der Waals surface area contributed by atoms with Gasteiger partial charge in [-0.3, -0.25) is 0 Å². The van der Waals surface area contributed by atoms with E-state index in [1.54, 1.807) is 0 Å². The summed E-state index contributed by atoms with van der Waals surface area (Å²) < 4.78 is 13.7. The molecule has 0 fully saturated rings. The summed E-state index contributed by atoms with van der Waals surface area (Å²) in [5, 5.41) is 0. The van der Waals surface area contributed by atoms with E-state index in [1.807, 2.05) is 34.0 Å². The molecule has 0 spiro atoms. The topological polar surface area (TPSA) is 26.3 Å². The molecule has 1 aliphatic carbocycles. The van der Waals surface area contributed by atoms with Crippen molar-refractivity contribution in [2.24, 2.45) is 0 Å². The van der Waals surface area contributed by atoms with Gasteiger partial charge in [0.25, 0.3) is 0 Å². The number of rotatable bonds is 0. The molecule has 1 aliphatic rings. The normalized spacial score (nSPS) is 13.1. The van der Waals surface area contributed by atoms with Gasteiger partial charge in [-0.25, -0.2) is 0 Å². The SMILES string of the molecule is Brc1cc2c(o1)-c1oc(Br)cc1C2=[Te]. The van der Waals surface area contributed by atoms with Gasteiger partial charge in [0, 0.05) is 0 Å². The predicted octanol–water partition coefficient (Wildman–Crippen LogP) is 3.12. The van der Waals surface area contributed by atoms with Gasteiger partial charge in [-0.1, -0.05) is 0 Å². The maximum atomic E-state index is 5.52. The molecule has 0 N–H and O–H groups in total. The van der Waals surface area contributed by atoms with E-state index in [-0.39, 0.29) is 0 Å². The van der Waals surface area contributed by atoms with E-state index in [2.05, 4.69) is 31.9 Å². The van der Waals surface area contributed by atoms with E-state index in [0.717, 1.165) is 32.0 Å². The van der Waals surface area contributed by atoms with Crippen molar-refractivity contribution in [2.45, 2.75) is 0 Å². The second-order valence-corrected chi connectivity index (χ2v) is 5.64. The molecule has 0 unspecified atom stereocenters. The molecule has 2 nitrogen and oxygen atoms in total. The van der Waals surface area contributed by atoms with Gasteiger partial charge in [-0.15, -0.1) is 0 Å². The van der Waals surface area contributed by atoms with Crippen molar-refractivity contribution >= 4 is 57.2 Å². The van der Waals surface area contributed by atoms with Crippen LogP contribution in [0.3, 0.4) is 0 Å². The number of fused-ring (bicyclic) bond motifs is 3. The molecular weight excluding hydrogens is 428 g/mol. The first-order valence-corrected chi connectivity index (χ1v) is 6.55. The molecule has 2 heterocycles. The van der Waals surface area contributed by atoms with E-state index < -0.39 is 0 Å². The van der Waals surface area contributed by atoms with Gasteiger partial charge >= 0.3 is 110 Å². The van der Waals surface area contributed by atoms with Gasteiger partial charge < -0.3 is 0 Å². The Labute approximate surface area is 109 Å². The Morgan fingerprint density at radius 1 is 0.929 bits per heavy atom. The van der Waals surface area contributed by atoms with E-state index in [0.29, 0.717) is 0 Å². The summed E-state index contributed by atoms with van der Waals surface area (Å²) in [7, 11) is 0. The number of hydrogen-bond donors (Lipinski definition) is 0. The van der Waals surface area contributed by atoms with Gasteiger partial charge in [0.1, 0.15) is 0 Å². The van der Waals surface area contributed by atoms with Crippen LogP contribution in [0.2, 0.25) is 0 Å². The second kappa shape index (κ2) is 3.08. The molecule has 3 rings (SSSR count). The van der Waals surface area contributed by atoms with E-state index in [4.69, 9.17) is 8.83 Å². The molecule has 0 amide bonds. The zero-order valence-corrected chi connectivity index (χ0v) is 12.1. The summed E-state index contributed by atoms with van der Waals surface area (Å²) >= 11 is 8.61. The van der Waals surface area contributed by atoms with Crippen LogP contribution in [-0.2, 0) is 0 Å². The van der Waals surface area contributed by atoms with Gasteiger partial charge in [0.15, 0.2) is 0 Å². The monoisotopic (exact) mass is 430 g/mol. The first kappa shape index (κ1) is 9.41. The first-order chi connectivity index (χ1) is 6.66. The summed E-state index contributed by atoms with van der Waals surface area (Å²) in [4.78, 5) is 0. The Balaban J connectivity index is 2.37. The van der Waals surface area contributed by atoms with Crippen LogP contribution in [0.4, 0.5) is 0 Å². The zero-order valence-electron chi connectivity index (χ0n) is 6.64. The van der Waals surface area contributed by atoms with Gasteiger partial charge in [0.05, 0.1) is 0 Å². The molecule has 2 aromatic heterocycles. The van der Waals surface area contributed by atoms with Crippen LogP contribution in [0, 0.1) is 0 Å². The van der Waals surface area contributed by atoms with E-state index in [9.17, 15) is 0 Å². The van der Waals surface area contributed by atoms with Crippen molar-refractivity contribution in [3.63, 3.8) is 0 Å². The Hall–Kier alpha value is 0.180. The Morgan fingerprint density at radius 2 is 1.36 bits per heavy atom. The molecule has 0 saturated heterocycles. The number of halogens is 2. The molecule has 0 aromatic carbocycles. The van der Waals surface area contributed by atoms with Crippen molar-refractivity contribution < 1.29 is 8.83 Å². The van der Waals surface area contributed by atoms with Crippen LogP contribution in [0.1, 0.15) is 11.1 Å². The van der Waals surface area contributed by atoms with Crippen molar-refractivity contribution in [2.75, 3.05) is 0 Å². The summed E-state index contributed by atoms with van der Waals surface area (Å²) in [5.41, 5.74) is 2.23.